The van der Waals surface area contributed by atoms with Crippen molar-refractivity contribution in [3.63, 3.8) is 0 Å². The third-order valence-corrected chi connectivity index (χ3v) is 2.65. The molecule has 1 aliphatic heterocycles. The van der Waals surface area contributed by atoms with Gasteiger partial charge in [-0.3, -0.25) is 4.79 Å². The molecule has 1 aromatic rings. The molecule has 1 aromatic heterocycles. The minimum atomic E-state index is -0.294. The van der Waals surface area contributed by atoms with Gasteiger partial charge in [0.1, 0.15) is 10.7 Å². The predicted molar refractivity (Wildman–Crippen MR) is 59.5 cm³/mol. The Hall–Kier alpha value is -0.940. The molecule has 1 atom stereocenters. The summed E-state index contributed by atoms with van der Waals surface area (Å²) in [6.07, 6.45) is 3.10. The molecule has 1 amide bonds. The Kier molecular flexibility index (Phi) is 3.33. The summed E-state index contributed by atoms with van der Waals surface area (Å²) in [6, 6.07) is 3.50. The van der Waals surface area contributed by atoms with Crippen molar-refractivity contribution in [2.45, 2.75) is 18.9 Å². The van der Waals surface area contributed by atoms with E-state index in [1.54, 1.807) is 18.3 Å². The summed E-state index contributed by atoms with van der Waals surface area (Å²) in [4.78, 5) is 15.6. The Morgan fingerprint density at radius 1 is 1.67 bits per heavy atom. The van der Waals surface area contributed by atoms with E-state index in [9.17, 15) is 4.79 Å². The average molecular weight is 271 g/mol. The number of nitrogens with one attached hydrogen (secondary N) is 1. The second-order valence-electron chi connectivity index (χ2n) is 3.36. The molecule has 0 radical (unpaired) electrons. The highest BCUT2D eigenvalue weighted by atomic mass is 79.9. The average Bonchev–Trinajstić information content (AvgIpc) is 2.70. The van der Waals surface area contributed by atoms with Crippen LogP contribution in [0.15, 0.2) is 22.9 Å². The third-order valence-electron chi connectivity index (χ3n) is 2.22. The topological polar surface area (TPSA) is 51.2 Å². The molecule has 0 aromatic carbocycles. The van der Waals surface area contributed by atoms with Crippen LogP contribution < -0.4 is 5.32 Å². The number of hydrogen-bond acceptors (Lipinski definition) is 3. The van der Waals surface area contributed by atoms with E-state index in [1.807, 2.05) is 0 Å². The smallest absolute Gasteiger partial charge is 0.253 e. The van der Waals surface area contributed by atoms with Gasteiger partial charge in [0.05, 0.1) is 0 Å². The number of amides is 1. The van der Waals surface area contributed by atoms with Gasteiger partial charge in [-0.2, -0.15) is 0 Å². The zero-order valence-corrected chi connectivity index (χ0v) is 9.66. The molecule has 0 spiro atoms. The number of pyridine rings is 1. The molecular weight excluding hydrogens is 260 g/mol. The number of anilines is 1. The summed E-state index contributed by atoms with van der Waals surface area (Å²) in [7, 11) is 0. The zero-order chi connectivity index (χ0) is 10.7. The summed E-state index contributed by atoms with van der Waals surface area (Å²) in [5.41, 5.74) is 0.734. The van der Waals surface area contributed by atoms with Crippen molar-refractivity contribution in [1.82, 2.24) is 4.98 Å². The lowest BCUT2D eigenvalue weighted by Crippen LogP contribution is -2.26. The number of nitrogens with zero attached hydrogens (tertiary/aromatic N) is 1. The first kappa shape index (κ1) is 10.6. The van der Waals surface area contributed by atoms with Crippen molar-refractivity contribution in [2.24, 2.45) is 0 Å². The van der Waals surface area contributed by atoms with Crippen LogP contribution >= 0.6 is 15.9 Å². The number of carbonyl (C=O) groups is 1. The highest BCUT2D eigenvalue weighted by Crippen LogP contribution is 2.16. The van der Waals surface area contributed by atoms with E-state index in [1.165, 1.54) is 0 Å². The molecular formula is C10H11BrN2O2. The van der Waals surface area contributed by atoms with Gasteiger partial charge < -0.3 is 10.1 Å². The second kappa shape index (κ2) is 4.72. The first-order valence-electron chi connectivity index (χ1n) is 4.80. The van der Waals surface area contributed by atoms with Crippen molar-refractivity contribution in [2.75, 3.05) is 11.9 Å². The number of halogens is 1. The molecule has 1 saturated heterocycles. The maximum Gasteiger partial charge on any atom is 0.253 e. The van der Waals surface area contributed by atoms with E-state index < -0.39 is 0 Å². The number of rotatable bonds is 2. The largest absolute Gasteiger partial charge is 0.368 e. The predicted octanol–water partition coefficient (Wildman–Crippen LogP) is 1.96. The van der Waals surface area contributed by atoms with Crippen LogP contribution in [0, 0.1) is 0 Å². The number of ether oxygens (including phenoxy) is 1. The van der Waals surface area contributed by atoms with E-state index in [4.69, 9.17) is 4.74 Å². The van der Waals surface area contributed by atoms with E-state index in [0.717, 1.165) is 18.5 Å². The summed E-state index contributed by atoms with van der Waals surface area (Å²) in [5, 5.41) is 2.79. The molecule has 80 valence electrons. The van der Waals surface area contributed by atoms with E-state index >= 15 is 0 Å². The fraction of sp³-hybridized carbons (Fsp3) is 0.400. The molecule has 2 heterocycles. The van der Waals surface area contributed by atoms with Gasteiger partial charge in [-0.05, 0) is 40.9 Å². The van der Waals surface area contributed by atoms with E-state index in [-0.39, 0.29) is 12.0 Å². The third kappa shape index (κ3) is 2.76. The van der Waals surface area contributed by atoms with Crippen LogP contribution in [0.4, 0.5) is 5.69 Å². The number of carbonyl (C=O) groups excluding carboxylic acids is 1. The van der Waals surface area contributed by atoms with Crippen molar-refractivity contribution in [3.8, 4) is 0 Å². The summed E-state index contributed by atoms with van der Waals surface area (Å²) < 4.78 is 5.98. The standard InChI is InChI=1S/C10H11BrN2O2/c11-9-6-7(3-4-12-9)13-10(14)8-2-1-5-15-8/h3-4,6,8H,1-2,5H2,(H,12,13,14)/t8-/m1/s1. The van der Waals surface area contributed by atoms with Gasteiger partial charge in [0.25, 0.3) is 5.91 Å². The van der Waals surface area contributed by atoms with Crippen molar-refractivity contribution < 1.29 is 9.53 Å². The lowest BCUT2D eigenvalue weighted by molar-refractivity contribution is -0.124. The highest BCUT2D eigenvalue weighted by molar-refractivity contribution is 9.10. The molecule has 1 N–H and O–H groups in total. The molecule has 2 rings (SSSR count). The van der Waals surface area contributed by atoms with Gasteiger partial charge in [0.2, 0.25) is 0 Å². The van der Waals surface area contributed by atoms with Crippen molar-refractivity contribution >= 4 is 27.5 Å². The van der Waals surface area contributed by atoms with Gasteiger partial charge in [-0.25, -0.2) is 4.98 Å². The lowest BCUT2D eigenvalue weighted by atomic mass is 10.2. The van der Waals surface area contributed by atoms with Crippen LogP contribution in [0.3, 0.4) is 0 Å². The summed E-state index contributed by atoms with van der Waals surface area (Å²) in [5.74, 6) is -0.0781. The fourth-order valence-corrected chi connectivity index (χ4v) is 1.85. The Bertz CT molecular complexity index is 364. The van der Waals surface area contributed by atoms with Crippen LogP contribution in [0.5, 0.6) is 0 Å². The first-order valence-corrected chi connectivity index (χ1v) is 5.59. The van der Waals surface area contributed by atoms with E-state index in [0.29, 0.717) is 11.2 Å². The zero-order valence-electron chi connectivity index (χ0n) is 8.07. The van der Waals surface area contributed by atoms with Gasteiger partial charge >= 0.3 is 0 Å². The van der Waals surface area contributed by atoms with Crippen LogP contribution in [-0.4, -0.2) is 23.6 Å². The minimum Gasteiger partial charge on any atom is -0.368 e. The normalized spacial score (nSPS) is 20.2. The van der Waals surface area contributed by atoms with Crippen LogP contribution in [0.2, 0.25) is 0 Å². The van der Waals surface area contributed by atoms with Gasteiger partial charge in [0.15, 0.2) is 0 Å². The summed E-state index contributed by atoms with van der Waals surface area (Å²) >= 11 is 3.24. The van der Waals surface area contributed by atoms with Crippen LogP contribution in [0.1, 0.15) is 12.8 Å². The second-order valence-corrected chi connectivity index (χ2v) is 4.17. The van der Waals surface area contributed by atoms with Gasteiger partial charge in [0, 0.05) is 18.5 Å². The fourth-order valence-electron chi connectivity index (χ4n) is 1.49. The van der Waals surface area contributed by atoms with Gasteiger partial charge in [-0.15, -0.1) is 0 Å². The van der Waals surface area contributed by atoms with Crippen LogP contribution in [0.25, 0.3) is 0 Å². The Balaban J connectivity index is 1.99. The number of hydrogen-bond donors (Lipinski definition) is 1. The Morgan fingerprint density at radius 2 is 2.53 bits per heavy atom. The first-order chi connectivity index (χ1) is 7.25. The highest BCUT2D eigenvalue weighted by Gasteiger charge is 2.23. The lowest BCUT2D eigenvalue weighted by Gasteiger charge is -2.10. The minimum absolute atomic E-state index is 0.0781. The molecule has 0 saturated carbocycles. The molecule has 1 fully saturated rings. The SMILES string of the molecule is O=C(Nc1ccnc(Br)c1)[C@H]1CCCO1. The van der Waals surface area contributed by atoms with Crippen molar-refractivity contribution in [3.05, 3.63) is 22.9 Å². The van der Waals surface area contributed by atoms with Crippen molar-refractivity contribution in [1.29, 1.82) is 0 Å². The number of aromatic nitrogens is 1. The Labute approximate surface area is 96.2 Å². The molecule has 1 aliphatic rings. The Morgan fingerprint density at radius 3 is 3.20 bits per heavy atom. The van der Waals surface area contributed by atoms with Crippen LogP contribution in [-0.2, 0) is 9.53 Å². The molecule has 4 nitrogen and oxygen atoms in total. The van der Waals surface area contributed by atoms with Gasteiger partial charge in [-0.1, -0.05) is 0 Å². The monoisotopic (exact) mass is 270 g/mol. The molecule has 0 aliphatic carbocycles. The molecule has 5 heteroatoms. The quantitative estimate of drug-likeness (QED) is 0.836. The molecule has 0 unspecified atom stereocenters. The molecule has 15 heavy (non-hydrogen) atoms. The maximum absolute atomic E-state index is 11.7. The summed E-state index contributed by atoms with van der Waals surface area (Å²) in [6.45, 7) is 0.679. The van der Waals surface area contributed by atoms with E-state index in [2.05, 4.69) is 26.2 Å². The molecule has 0 bridgehead atoms. The maximum atomic E-state index is 11.7.